The van der Waals surface area contributed by atoms with Crippen LogP contribution in [0.1, 0.15) is 17.4 Å². The van der Waals surface area contributed by atoms with E-state index in [4.69, 9.17) is 33.4 Å². The molecule has 0 radical (unpaired) electrons. The molecule has 0 amide bonds. The summed E-state index contributed by atoms with van der Waals surface area (Å²) in [5, 5.41) is 1.14. The van der Waals surface area contributed by atoms with Crippen LogP contribution in [-0.4, -0.2) is 0 Å². The fourth-order valence-corrected chi connectivity index (χ4v) is 1.90. The first-order valence-electron chi connectivity index (χ1n) is 4.42. The van der Waals surface area contributed by atoms with E-state index in [1.165, 1.54) is 0 Å². The van der Waals surface area contributed by atoms with Gasteiger partial charge in [0.2, 0.25) is 0 Å². The topological polar surface area (TPSA) is 39.2 Å². The van der Waals surface area contributed by atoms with Gasteiger partial charge in [0, 0.05) is 10.0 Å². The van der Waals surface area contributed by atoms with Crippen LogP contribution in [0.5, 0.6) is 0 Å². The average molecular weight is 242 g/mol. The highest BCUT2D eigenvalue weighted by Gasteiger charge is 2.14. The summed E-state index contributed by atoms with van der Waals surface area (Å²) < 4.78 is 5.22. The quantitative estimate of drug-likeness (QED) is 0.873. The molecule has 1 aromatic heterocycles. The van der Waals surface area contributed by atoms with E-state index >= 15 is 0 Å². The molecule has 2 nitrogen and oxygen atoms in total. The van der Waals surface area contributed by atoms with E-state index in [-0.39, 0.29) is 6.04 Å². The molecule has 2 rings (SSSR count). The van der Waals surface area contributed by atoms with Gasteiger partial charge in [-0.15, -0.1) is 0 Å². The summed E-state index contributed by atoms with van der Waals surface area (Å²) in [5.41, 5.74) is 6.79. The van der Waals surface area contributed by atoms with E-state index in [0.717, 1.165) is 5.56 Å². The van der Waals surface area contributed by atoms with Crippen LogP contribution in [0.25, 0.3) is 0 Å². The van der Waals surface area contributed by atoms with Gasteiger partial charge in [0.15, 0.2) is 0 Å². The molecule has 78 valence electrons. The minimum atomic E-state index is -0.357. The smallest absolute Gasteiger partial charge is 0.125 e. The van der Waals surface area contributed by atoms with Gasteiger partial charge < -0.3 is 10.2 Å². The summed E-state index contributed by atoms with van der Waals surface area (Å²) in [5.74, 6) is 0.680. The Bertz CT molecular complexity index is 454. The summed E-state index contributed by atoms with van der Waals surface area (Å²) in [4.78, 5) is 0. The number of rotatable bonds is 2. The lowest BCUT2D eigenvalue weighted by molar-refractivity contribution is 0.490. The Hall–Kier alpha value is -0.960. The van der Waals surface area contributed by atoms with Crippen LogP contribution in [0.4, 0.5) is 0 Å². The van der Waals surface area contributed by atoms with Gasteiger partial charge in [-0.25, -0.2) is 0 Å². The van der Waals surface area contributed by atoms with Crippen molar-refractivity contribution in [2.75, 3.05) is 0 Å². The summed E-state index contributed by atoms with van der Waals surface area (Å²) >= 11 is 11.8. The molecule has 1 unspecified atom stereocenters. The van der Waals surface area contributed by atoms with Gasteiger partial charge in [-0.05, 0) is 29.8 Å². The molecule has 4 heteroatoms. The zero-order chi connectivity index (χ0) is 10.8. The van der Waals surface area contributed by atoms with Crippen LogP contribution in [0.15, 0.2) is 41.0 Å². The molecular formula is C11H9Cl2NO. The molecule has 1 heterocycles. The van der Waals surface area contributed by atoms with Crippen LogP contribution < -0.4 is 5.73 Å². The van der Waals surface area contributed by atoms with Crippen LogP contribution in [0, 0.1) is 0 Å². The predicted octanol–water partition coefficient (Wildman–Crippen LogP) is 3.63. The molecule has 0 aliphatic rings. The molecule has 0 fully saturated rings. The van der Waals surface area contributed by atoms with Crippen molar-refractivity contribution in [2.24, 2.45) is 5.73 Å². The fraction of sp³-hybridized carbons (Fsp3) is 0.0909. The Morgan fingerprint density at radius 2 is 2.00 bits per heavy atom. The molecule has 0 saturated carbocycles. The molecule has 0 spiro atoms. The van der Waals surface area contributed by atoms with Gasteiger partial charge in [0.25, 0.3) is 0 Å². The summed E-state index contributed by atoms with van der Waals surface area (Å²) in [6, 6.07) is 8.48. The molecule has 1 atom stereocenters. The highest BCUT2D eigenvalue weighted by molar-refractivity contribution is 6.35. The van der Waals surface area contributed by atoms with E-state index in [9.17, 15) is 0 Å². The number of benzene rings is 1. The average Bonchev–Trinajstić information content (AvgIpc) is 2.69. The van der Waals surface area contributed by atoms with Gasteiger partial charge >= 0.3 is 0 Å². The Kier molecular flexibility index (Phi) is 3.00. The van der Waals surface area contributed by atoms with Crippen LogP contribution in [-0.2, 0) is 0 Å². The lowest BCUT2D eigenvalue weighted by Crippen LogP contribution is -2.11. The van der Waals surface area contributed by atoms with Gasteiger partial charge in [-0.2, -0.15) is 0 Å². The van der Waals surface area contributed by atoms with Crippen molar-refractivity contribution >= 4 is 23.2 Å². The number of hydrogen-bond donors (Lipinski definition) is 1. The Balaban J connectivity index is 2.38. The number of hydrogen-bond acceptors (Lipinski definition) is 2. The SMILES string of the molecule is NC(c1ccco1)c1ccc(Cl)cc1Cl. The third-order valence-corrected chi connectivity index (χ3v) is 2.71. The van der Waals surface area contributed by atoms with Crippen molar-refractivity contribution < 1.29 is 4.42 Å². The second kappa shape index (κ2) is 4.27. The summed E-state index contributed by atoms with van der Waals surface area (Å²) in [6.45, 7) is 0. The fourth-order valence-electron chi connectivity index (χ4n) is 1.38. The maximum absolute atomic E-state index is 6.04. The maximum atomic E-state index is 6.04. The Labute approximate surface area is 97.6 Å². The third-order valence-electron chi connectivity index (χ3n) is 2.15. The van der Waals surface area contributed by atoms with Gasteiger partial charge in [-0.1, -0.05) is 29.3 Å². The van der Waals surface area contributed by atoms with Gasteiger partial charge in [0.1, 0.15) is 5.76 Å². The largest absolute Gasteiger partial charge is 0.467 e. The minimum Gasteiger partial charge on any atom is -0.467 e. The van der Waals surface area contributed by atoms with Crippen LogP contribution in [0.2, 0.25) is 10.0 Å². The first-order valence-corrected chi connectivity index (χ1v) is 5.18. The van der Waals surface area contributed by atoms with E-state index in [1.54, 1.807) is 30.5 Å². The normalized spacial score (nSPS) is 12.7. The second-order valence-corrected chi connectivity index (χ2v) is 4.00. The molecule has 0 aliphatic carbocycles. The van der Waals surface area contributed by atoms with E-state index in [1.807, 2.05) is 6.07 Å². The zero-order valence-corrected chi connectivity index (χ0v) is 9.29. The Morgan fingerprint density at radius 3 is 2.60 bits per heavy atom. The number of halogens is 2. The van der Waals surface area contributed by atoms with E-state index in [0.29, 0.717) is 15.8 Å². The highest BCUT2D eigenvalue weighted by atomic mass is 35.5. The molecule has 15 heavy (non-hydrogen) atoms. The molecule has 2 aromatic rings. The lowest BCUT2D eigenvalue weighted by Gasteiger charge is -2.11. The van der Waals surface area contributed by atoms with Crippen molar-refractivity contribution in [1.29, 1.82) is 0 Å². The van der Waals surface area contributed by atoms with E-state index in [2.05, 4.69) is 0 Å². The van der Waals surface area contributed by atoms with Crippen molar-refractivity contribution in [2.45, 2.75) is 6.04 Å². The monoisotopic (exact) mass is 241 g/mol. The minimum absolute atomic E-state index is 0.357. The van der Waals surface area contributed by atoms with Crippen molar-refractivity contribution in [3.8, 4) is 0 Å². The molecule has 0 bridgehead atoms. The summed E-state index contributed by atoms with van der Waals surface area (Å²) in [6.07, 6.45) is 1.58. The number of furan rings is 1. The first kappa shape index (κ1) is 10.6. The first-order chi connectivity index (χ1) is 7.18. The molecule has 1 aromatic carbocycles. The van der Waals surface area contributed by atoms with Crippen molar-refractivity contribution in [1.82, 2.24) is 0 Å². The number of nitrogens with two attached hydrogens (primary N) is 1. The Morgan fingerprint density at radius 1 is 1.20 bits per heavy atom. The molecule has 0 saturated heterocycles. The second-order valence-electron chi connectivity index (χ2n) is 3.16. The predicted molar refractivity (Wildman–Crippen MR) is 61.2 cm³/mol. The van der Waals surface area contributed by atoms with Crippen LogP contribution >= 0.6 is 23.2 Å². The van der Waals surface area contributed by atoms with Crippen molar-refractivity contribution in [3.63, 3.8) is 0 Å². The summed E-state index contributed by atoms with van der Waals surface area (Å²) in [7, 11) is 0. The molecule has 2 N–H and O–H groups in total. The third kappa shape index (κ3) is 2.17. The maximum Gasteiger partial charge on any atom is 0.125 e. The molecule has 0 aliphatic heterocycles. The van der Waals surface area contributed by atoms with E-state index < -0.39 is 0 Å². The lowest BCUT2D eigenvalue weighted by atomic mass is 10.1. The van der Waals surface area contributed by atoms with Gasteiger partial charge in [-0.3, -0.25) is 0 Å². The zero-order valence-electron chi connectivity index (χ0n) is 7.78. The van der Waals surface area contributed by atoms with Crippen LogP contribution in [0.3, 0.4) is 0 Å². The van der Waals surface area contributed by atoms with Gasteiger partial charge in [0.05, 0.1) is 12.3 Å². The van der Waals surface area contributed by atoms with Crippen molar-refractivity contribution in [3.05, 3.63) is 58.0 Å². The molecular weight excluding hydrogens is 233 g/mol. The standard InChI is InChI=1S/C11H9Cl2NO/c12-7-3-4-8(9(13)6-7)11(14)10-2-1-5-15-10/h1-6,11H,14H2. The highest BCUT2D eigenvalue weighted by Crippen LogP contribution is 2.28.